The van der Waals surface area contributed by atoms with E-state index < -0.39 is 34.6 Å². The van der Waals surface area contributed by atoms with Gasteiger partial charge in [-0.3, -0.25) is 14.5 Å². The Morgan fingerprint density at radius 2 is 1.86 bits per heavy atom. The molecule has 0 aliphatic heterocycles. The quantitative estimate of drug-likeness (QED) is 0.451. The molecule has 22 heavy (non-hydrogen) atoms. The van der Waals surface area contributed by atoms with Gasteiger partial charge in [0.15, 0.2) is 0 Å². The zero-order valence-electron chi connectivity index (χ0n) is 11.4. The number of anilines is 1. The van der Waals surface area contributed by atoms with Crippen LogP contribution >= 0.6 is 0 Å². The van der Waals surface area contributed by atoms with E-state index in [0.717, 1.165) is 28.6 Å². The predicted molar refractivity (Wildman–Crippen MR) is 72.3 cm³/mol. The van der Waals surface area contributed by atoms with Crippen LogP contribution in [-0.4, -0.2) is 33.0 Å². The molecule has 0 unspecified atom stereocenters. The highest BCUT2D eigenvalue weighted by Gasteiger charge is 2.31. The van der Waals surface area contributed by atoms with Gasteiger partial charge in [0, 0.05) is 0 Å². The van der Waals surface area contributed by atoms with E-state index in [1.165, 1.54) is 6.92 Å². The molecule has 0 saturated heterocycles. The van der Waals surface area contributed by atoms with Gasteiger partial charge in [-0.2, -0.15) is 0 Å². The van der Waals surface area contributed by atoms with Gasteiger partial charge in [-0.25, -0.2) is 14.3 Å². The highest BCUT2D eigenvalue weighted by atomic mass is 32.2. The van der Waals surface area contributed by atoms with Crippen molar-refractivity contribution in [2.24, 2.45) is 5.84 Å². The number of nitrogens with zero attached hydrogens (tertiary/aromatic N) is 1. The summed E-state index contributed by atoms with van der Waals surface area (Å²) in [5.41, 5.74) is 1.80. The number of amides is 1. The Morgan fingerprint density at radius 3 is 2.27 bits per heavy atom. The molecule has 0 saturated carbocycles. The van der Waals surface area contributed by atoms with Crippen LogP contribution in [0.3, 0.4) is 0 Å². The number of nitrogens with one attached hydrogen (secondary N) is 1. The molecule has 0 aliphatic carbocycles. The van der Waals surface area contributed by atoms with Crippen LogP contribution in [0.5, 0.6) is 5.75 Å². The molecule has 0 bridgehead atoms. The van der Waals surface area contributed by atoms with Gasteiger partial charge in [0.25, 0.3) is 5.91 Å². The maximum atomic E-state index is 12.1. The minimum Gasteiger partial charge on any atom is -0.406 e. The first-order chi connectivity index (χ1) is 10.1. The van der Waals surface area contributed by atoms with Crippen molar-refractivity contribution < 1.29 is 31.1 Å². The summed E-state index contributed by atoms with van der Waals surface area (Å²) in [6.45, 7) is 0.774. The van der Waals surface area contributed by atoms with E-state index in [1.54, 1.807) is 5.43 Å². The van der Waals surface area contributed by atoms with Crippen LogP contribution in [-0.2, 0) is 14.8 Å². The Hall–Kier alpha value is -2.01. The summed E-state index contributed by atoms with van der Waals surface area (Å²) in [5.74, 6) is 3.33. The normalized spacial score (nSPS) is 11.9. The molecule has 1 rings (SSSR count). The Balaban J connectivity index is 3.08. The Bertz CT molecular complexity index is 616. The Labute approximate surface area is 124 Å². The molecular weight excluding hydrogens is 327 g/mol. The molecule has 0 fully saturated rings. The molecule has 0 spiro atoms. The number of carbonyl (C=O) groups is 1. The summed E-state index contributed by atoms with van der Waals surface area (Å²) in [5, 5.41) is 0. The van der Waals surface area contributed by atoms with Crippen LogP contribution in [0.15, 0.2) is 24.3 Å². The number of alkyl halides is 3. The first kappa shape index (κ1) is 18.0. The topological polar surface area (TPSA) is 102 Å². The van der Waals surface area contributed by atoms with Crippen LogP contribution < -0.4 is 20.3 Å². The molecule has 1 aromatic carbocycles. The first-order valence-electron chi connectivity index (χ1n) is 5.94. The van der Waals surface area contributed by atoms with Gasteiger partial charge >= 0.3 is 6.36 Å². The third-order valence-corrected chi connectivity index (χ3v) is 4.25. The zero-order valence-corrected chi connectivity index (χ0v) is 12.2. The van der Waals surface area contributed by atoms with Crippen LogP contribution in [0.1, 0.15) is 6.92 Å². The number of ether oxygens (including phenoxy) is 1. The van der Waals surface area contributed by atoms with Crippen molar-refractivity contribution in [3.8, 4) is 5.75 Å². The van der Waals surface area contributed by atoms with Gasteiger partial charge in [0.2, 0.25) is 10.0 Å². The monoisotopic (exact) mass is 341 g/mol. The number of halogens is 3. The molecule has 1 aromatic rings. The third kappa shape index (κ3) is 5.07. The highest BCUT2D eigenvalue weighted by molar-refractivity contribution is 7.92. The van der Waals surface area contributed by atoms with Gasteiger partial charge in [-0.05, 0) is 31.2 Å². The minimum absolute atomic E-state index is 0.0139. The number of hydrazine groups is 1. The minimum atomic E-state index is -4.85. The molecule has 1 amide bonds. The van der Waals surface area contributed by atoms with Crippen molar-refractivity contribution in [3.05, 3.63) is 24.3 Å². The summed E-state index contributed by atoms with van der Waals surface area (Å²) in [6.07, 6.45) is -4.85. The average Bonchev–Trinajstić information content (AvgIpc) is 2.43. The second-order valence-corrected chi connectivity index (χ2v) is 6.20. The average molecular weight is 341 g/mol. The predicted octanol–water partition coefficient (Wildman–Crippen LogP) is 0.731. The number of sulfonamides is 1. The van der Waals surface area contributed by atoms with E-state index >= 15 is 0 Å². The lowest BCUT2D eigenvalue weighted by Crippen LogP contribution is -2.43. The van der Waals surface area contributed by atoms with E-state index in [2.05, 4.69) is 4.74 Å². The molecule has 3 N–H and O–H groups in total. The van der Waals surface area contributed by atoms with Crippen molar-refractivity contribution in [2.45, 2.75) is 13.3 Å². The summed E-state index contributed by atoms with van der Waals surface area (Å²) in [4.78, 5) is 11.3. The van der Waals surface area contributed by atoms with Gasteiger partial charge in [0.1, 0.15) is 12.3 Å². The number of benzene rings is 1. The summed E-state index contributed by atoms with van der Waals surface area (Å²) < 4.78 is 64.5. The van der Waals surface area contributed by atoms with Crippen LogP contribution in [0.25, 0.3) is 0 Å². The number of nitrogens with two attached hydrogens (primary N) is 1. The maximum Gasteiger partial charge on any atom is 0.573 e. The molecule has 0 heterocycles. The molecule has 7 nitrogen and oxygen atoms in total. The molecule has 0 radical (unpaired) electrons. The van der Waals surface area contributed by atoms with E-state index in [-0.39, 0.29) is 11.4 Å². The second kappa shape index (κ2) is 6.83. The van der Waals surface area contributed by atoms with Gasteiger partial charge in [0.05, 0.1) is 11.4 Å². The third-order valence-electron chi connectivity index (χ3n) is 2.51. The fourth-order valence-corrected chi connectivity index (χ4v) is 2.56. The number of hydrogen-bond donors (Lipinski definition) is 2. The smallest absolute Gasteiger partial charge is 0.406 e. The molecule has 0 aromatic heterocycles. The van der Waals surface area contributed by atoms with Gasteiger partial charge in [-0.15, -0.1) is 13.2 Å². The Kier molecular flexibility index (Phi) is 5.60. The van der Waals surface area contributed by atoms with Gasteiger partial charge < -0.3 is 4.74 Å². The van der Waals surface area contributed by atoms with Crippen LogP contribution in [0.4, 0.5) is 18.9 Å². The van der Waals surface area contributed by atoms with Crippen LogP contribution in [0, 0.1) is 0 Å². The lowest BCUT2D eigenvalue weighted by molar-refractivity contribution is -0.274. The molecule has 0 aliphatic rings. The van der Waals surface area contributed by atoms with Crippen molar-refractivity contribution >= 4 is 21.6 Å². The highest BCUT2D eigenvalue weighted by Crippen LogP contribution is 2.26. The van der Waals surface area contributed by atoms with Crippen molar-refractivity contribution in [1.82, 2.24) is 5.43 Å². The Morgan fingerprint density at radius 1 is 1.32 bits per heavy atom. The maximum absolute atomic E-state index is 12.1. The lowest BCUT2D eigenvalue weighted by atomic mass is 10.3. The number of carbonyl (C=O) groups excluding carboxylic acids is 1. The molecule has 11 heteroatoms. The number of hydrogen-bond acceptors (Lipinski definition) is 5. The molecular formula is C11H14F3N3O4S. The van der Waals surface area contributed by atoms with Crippen LogP contribution in [0.2, 0.25) is 0 Å². The second-order valence-electron chi connectivity index (χ2n) is 4.02. The van der Waals surface area contributed by atoms with Crippen molar-refractivity contribution in [1.29, 1.82) is 0 Å². The van der Waals surface area contributed by atoms with Crippen molar-refractivity contribution in [2.75, 3.05) is 16.6 Å². The summed E-state index contributed by atoms with van der Waals surface area (Å²) in [6, 6.07) is 4.08. The van der Waals surface area contributed by atoms with E-state index in [1.807, 2.05) is 0 Å². The fourth-order valence-electron chi connectivity index (χ4n) is 1.50. The summed E-state index contributed by atoms with van der Waals surface area (Å²) in [7, 11) is -3.81. The van der Waals surface area contributed by atoms with E-state index in [4.69, 9.17) is 5.84 Å². The standard InChI is InChI=1S/C11H14F3N3O4S/c1-2-22(19,20)17(7-10(18)16-15)8-3-5-9(6-4-8)21-11(12,13)14/h3-6H,2,7,15H2,1H3,(H,16,18). The molecule has 0 atom stereocenters. The van der Waals surface area contributed by atoms with E-state index in [0.29, 0.717) is 0 Å². The lowest BCUT2D eigenvalue weighted by Gasteiger charge is -2.23. The van der Waals surface area contributed by atoms with Gasteiger partial charge in [-0.1, -0.05) is 0 Å². The fraction of sp³-hybridized carbons (Fsp3) is 0.364. The summed E-state index contributed by atoms with van der Waals surface area (Å²) >= 11 is 0. The first-order valence-corrected chi connectivity index (χ1v) is 7.55. The SMILES string of the molecule is CCS(=O)(=O)N(CC(=O)NN)c1ccc(OC(F)(F)F)cc1. The zero-order chi connectivity index (χ0) is 17.0. The number of rotatable bonds is 6. The largest absolute Gasteiger partial charge is 0.573 e. The molecule has 124 valence electrons. The van der Waals surface area contributed by atoms with E-state index in [9.17, 15) is 26.4 Å². The van der Waals surface area contributed by atoms with Crippen molar-refractivity contribution in [3.63, 3.8) is 0 Å².